The van der Waals surface area contributed by atoms with Gasteiger partial charge in [-0.25, -0.2) is 4.79 Å². The van der Waals surface area contributed by atoms with Crippen LogP contribution in [0, 0.1) is 13.8 Å². The van der Waals surface area contributed by atoms with E-state index in [1.54, 1.807) is 16.8 Å². The first-order chi connectivity index (χ1) is 12.4. The molecule has 2 aromatic heterocycles. The molecule has 1 N–H and O–H groups in total. The number of aryl methyl sites for hydroxylation is 2. The second-order valence-electron chi connectivity index (χ2n) is 6.23. The predicted octanol–water partition coefficient (Wildman–Crippen LogP) is 2.80. The first-order valence-electron chi connectivity index (χ1n) is 8.36. The minimum Gasteiger partial charge on any atom is -0.422 e. The number of nitrogens with zero attached hydrogens (tertiary/aromatic N) is 2. The standard InChI is InChI=1S/C20H21N3O3/c1-5-7-14-8-6-9-15-10-16(20(25)26-18(14)15)19(24)21-11-17-12(2)22-23(4)13(17)3/h5-6,8-10H,1,7,11H2,2-4H3,(H,21,24). The minimum absolute atomic E-state index is 0.00699. The fraction of sp³-hybridized carbons (Fsp3) is 0.250. The van der Waals surface area contributed by atoms with Gasteiger partial charge in [0.05, 0.1) is 5.69 Å². The third-order valence-electron chi connectivity index (χ3n) is 4.54. The molecule has 0 unspecified atom stereocenters. The van der Waals surface area contributed by atoms with Crippen LogP contribution in [0.4, 0.5) is 0 Å². The average Bonchev–Trinajstić information content (AvgIpc) is 2.85. The monoisotopic (exact) mass is 351 g/mol. The Hall–Kier alpha value is -3.15. The molecule has 1 amide bonds. The minimum atomic E-state index is -0.647. The molecule has 6 heteroatoms. The summed E-state index contributed by atoms with van der Waals surface area (Å²) < 4.78 is 7.19. The van der Waals surface area contributed by atoms with Gasteiger partial charge in [0.1, 0.15) is 11.1 Å². The van der Waals surface area contributed by atoms with Crippen molar-refractivity contribution in [3.63, 3.8) is 0 Å². The lowest BCUT2D eigenvalue weighted by Crippen LogP contribution is -2.28. The third kappa shape index (κ3) is 3.18. The van der Waals surface area contributed by atoms with Crippen LogP contribution in [-0.2, 0) is 20.0 Å². The highest BCUT2D eigenvalue weighted by molar-refractivity contribution is 5.97. The van der Waals surface area contributed by atoms with Crippen LogP contribution < -0.4 is 10.9 Å². The number of benzene rings is 1. The van der Waals surface area contributed by atoms with Crippen molar-refractivity contribution in [2.45, 2.75) is 26.8 Å². The molecule has 3 aromatic rings. The number of fused-ring (bicyclic) bond motifs is 1. The number of hydrogen-bond donors (Lipinski definition) is 1. The molecule has 0 atom stereocenters. The molecule has 0 bridgehead atoms. The third-order valence-corrected chi connectivity index (χ3v) is 4.54. The van der Waals surface area contributed by atoms with Gasteiger partial charge in [-0.05, 0) is 31.9 Å². The summed E-state index contributed by atoms with van der Waals surface area (Å²) in [4.78, 5) is 24.8. The molecular weight excluding hydrogens is 330 g/mol. The van der Waals surface area contributed by atoms with Crippen molar-refractivity contribution in [2.24, 2.45) is 7.05 Å². The van der Waals surface area contributed by atoms with Crippen molar-refractivity contribution >= 4 is 16.9 Å². The Morgan fingerprint density at radius 2 is 2.15 bits per heavy atom. The number of hydrogen-bond acceptors (Lipinski definition) is 4. The first-order valence-corrected chi connectivity index (χ1v) is 8.36. The van der Waals surface area contributed by atoms with Gasteiger partial charge in [0, 0.05) is 30.2 Å². The predicted molar refractivity (Wildman–Crippen MR) is 100 cm³/mol. The van der Waals surface area contributed by atoms with Crippen LogP contribution in [0.25, 0.3) is 11.0 Å². The molecule has 134 valence electrons. The van der Waals surface area contributed by atoms with Crippen molar-refractivity contribution in [3.05, 3.63) is 75.4 Å². The lowest BCUT2D eigenvalue weighted by atomic mass is 10.1. The van der Waals surface area contributed by atoms with E-state index in [1.165, 1.54) is 0 Å². The van der Waals surface area contributed by atoms with Gasteiger partial charge < -0.3 is 9.73 Å². The van der Waals surface area contributed by atoms with Crippen molar-refractivity contribution < 1.29 is 9.21 Å². The van der Waals surface area contributed by atoms with Gasteiger partial charge >= 0.3 is 5.63 Å². The number of amides is 1. The molecule has 0 aliphatic carbocycles. The van der Waals surface area contributed by atoms with E-state index in [-0.39, 0.29) is 5.56 Å². The molecule has 2 heterocycles. The first kappa shape index (κ1) is 17.7. The summed E-state index contributed by atoms with van der Waals surface area (Å²) in [6.45, 7) is 7.84. The number of nitrogens with one attached hydrogen (secondary N) is 1. The molecule has 1 aromatic carbocycles. The highest BCUT2D eigenvalue weighted by Gasteiger charge is 2.16. The van der Waals surface area contributed by atoms with Crippen LogP contribution >= 0.6 is 0 Å². The van der Waals surface area contributed by atoms with Gasteiger partial charge in [0.2, 0.25) is 0 Å². The van der Waals surface area contributed by atoms with E-state index in [0.717, 1.165) is 22.5 Å². The maximum absolute atomic E-state index is 12.5. The maximum atomic E-state index is 12.5. The molecule has 0 saturated heterocycles. The Kier molecular flexibility index (Phi) is 4.75. The Morgan fingerprint density at radius 3 is 2.81 bits per heavy atom. The van der Waals surface area contributed by atoms with Crippen molar-refractivity contribution in [1.82, 2.24) is 15.1 Å². The van der Waals surface area contributed by atoms with Crippen LogP contribution in [0.3, 0.4) is 0 Å². The van der Waals surface area contributed by atoms with E-state index in [0.29, 0.717) is 23.9 Å². The molecule has 0 aliphatic heterocycles. The number of aromatic nitrogens is 2. The molecule has 0 saturated carbocycles. The smallest absolute Gasteiger partial charge is 0.349 e. The molecular formula is C20H21N3O3. The van der Waals surface area contributed by atoms with Crippen molar-refractivity contribution in [1.29, 1.82) is 0 Å². The Morgan fingerprint density at radius 1 is 1.38 bits per heavy atom. The van der Waals surface area contributed by atoms with Crippen molar-refractivity contribution in [3.8, 4) is 0 Å². The van der Waals surface area contributed by atoms with Crippen LogP contribution in [0.15, 0.2) is 46.1 Å². The highest BCUT2D eigenvalue weighted by Crippen LogP contribution is 2.19. The zero-order valence-corrected chi connectivity index (χ0v) is 15.1. The average molecular weight is 351 g/mol. The van der Waals surface area contributed by atoms with Gasteiger partial charge in [-0.2, -0.15) is 5.10 Å². The normalized spacial score (nSPS) is 10.9. The molecule has 3 rings (SSSR count). The Balaban J connectivity index is 1.90. The zero-order valence-electron chi connectivity index (χ0n) is 15.1. The summed E-state index contributed by atoms with van der Waals surface area (Å²) in [5, 5.41) is 7.82. The number of rotatable bonds is 5. The topological polar surface area (TPSA) is 77.1 Å². The van der Waals surface area contributed by atoms with Crippen LogP contribution in [-0.4, -0.2) is 15.7 Å². The van der Waals surface area contributed by atoms with Crippen LogP contribution in [0.1, 0.15) is 32.9 Å². The fourth-order valence-electron chi connectivity index (χ4n) is 3.02. The number of para-hydroxylation sites is 1. The summed E-state index contributed by atoms with van der Waals surface area (Å²) in [6.07, 6.45) is 2.33. The van der Waals surface area contributed by atoms with E-state index in [1.807, 2.05) is 39.1 Å². The molecule has 0 aliphatic rings. The van der Waals surface area contributed by atoms with Crippen LogP contribution in [0.2, 0.25) is 0 Å². The number of carbonyl (C=O) groups excluding carboxylic acids is 1. The highest BCUT2D eigenvalue weighted by atomic mass is 16.4. The van der Waals surface area contributed by atoms with E-state index in [2.05, 4.69) is 17.0 Å². The van der Waals surface area contributed by atoms with Crippen molar-refractivity contribution in [2.75, 3.05) is 0 Å². The second kappa shape index (κ2) is 7.00. The second-order valence-corrected chi connectivity index (χ2v) is 6.23. The SMILES string of the molecule is C=CCc1cccc2cc(C(=O)NCc3c(C)nn(C)c3C)c(=O)oc12. The summed E-state index contributed by atoms with van der Waals surface area (Å²) in [5.74, 6) is -0.461. The van der Waals surface area contributed by atoms with E-state index in [4.69, 9.17) is 4.42 Å². The molecule has 26 heavy (non-hydrogen) atoms. The van der Waals surface area contributed by atoms with Gasteiger partial charge in [-0.1, -0.05) is 24.3 Å². The lowest BCUT2D eigenvalue weighted by molar-refractivity contribution is 0.0947. The largest absolute Gasteiger partial charge is 0.422 e. The Labute approximate surface area is 151 Å². The van der Waals surface area contributed by atoms with E-state index in [9.17, 15) is 9.59 Å². The summed E-state index contributed by atoms with van der Waals surface area (Å²) >= 11 is 0. The van der Waals surface area contributed by atoms with Gasteiger partial charge in [0.15, 0.2) is 0 Å². The molecule has 0 radical (unpaired) electrons. The Bertz CT molecular complexity index is 1060. The van der Waals surface area contributed by atoms with Crippen LogP contribution in [0.5, 0.6) is 0 Å². The van der Waals surface area contributed by atoms with Gasteiger partial charge in [-0.15, -0.1) is 6.58 Å². The van der Waals surface area contributed by atoms with Gasteiger partial charge in [0.25, 0.3) is 5.91 Å². The van der Waals surface area contributed by atoms with Gasteiger partial charge in [-0.3, -0.25) is 9.48 Å². The zero-order chi connectivity index (χ0) is 18.8. The summed E-state index contributed by atoms with van der Waals surface area (Å²) in [5.41, 5.74) is 3.47. The summed E-state index contributed by atoms with van der Waals surface area (Å²) in [7, 11) is 1.85. The van der Waals surface area contributed by atoms with E-state index < -0.39 is 11.5 Å². The number of carbonyl (C=O) groups is 1. The maximum Gasteiger partial charge on any atom is 0.349 e. The van der Waals surface area contributed by atoms with E-state index >= 15 is 0 Å². The quantitative estimate of drug-likeness (QED) is 0.566. The fourth-order valence-corrected chi connectivity index (χ4v) is 3.02. The number of allylic oxidation sites excluding steroid dienone is 1. The lowest BCUT2D eigenvalue weighted by Gasteiger charge is -2.07. The molecule has 6 nitrogen and oxygen atoms in total. The molecule has 0 fully saturated rings. The molecule has 0 spiro atoms. The summed E-state index contributed by atoms with van der Waals surface area (Å²) in [6, 6.07) is 7.13.